The van der Waals surface area contributed by atoms with Crippen LogP contribution in [0.3, 0.4) is 0 Å². The number of aliphatic hydroxyl groups is 2. The fourth-order valence-corrected chi connectivity index (χ4v) is 5.93. The van der Waals surface area contributed by atoms with Gasteiger partial charge in [0.05, 0.1) is 25.7 Å². The van der Waals surface area contributed by atoms with Crippen LogP contribution in [-0.4, -0.2) is 79.6 Å². The first-order chi connectivity index (χ1) is 19.2. The minimum absolute atomic E-state index is 0.0419. The molecule has 2 amide bonds. The number of imidazole rings is 1. The van der Waals surface area contributed by atoms with Crippen molar-refractivity contribution >= 4 is 42.1 Å². The highest BCUT2D eigenvalue weighted by atomic mass is 31.2. The Labute approximate surface area is 229 Å². The molecular formula is C24H32N7O8P. The molecule has 3 aromatic rings. The molecule has 0 spiro atoms. The van der Waals surface area contributed by atoms with Crippen LogP contribution in [0.4, 0.5) is 11.5 Å². The van der Waals surface area contributed by atoms with Crippen molar-refractivity contribution in [2.75, 3.05) is 30.8 Å². The number of fused-ring (bicyclic) bond motifs is 1. The summed E-state index contributed by atoms with van der Waals surface area (Å²) in [6.07, 6.45) is -2.93. The van der Waals surface area contributed by atoms with E-state index in [2.05, 4.69) is 25.6 Å². The van der Waals surface area contributed by atoms with Crippen LogP contribution in [-0.2, 0) is 34.1 Å². The molecule has 40 heavy (non-hydrogen) atoms. The van der Waals surface area contributed by atoms with Gasteiger partial charge in [-0.25, -0.2) is 15.0 Å². The molecular weight excluding hydrogens is 545 g/mol. The van der Waals surface area contributed by atoms with E-state index >= 15 is 0 Å². The fraction of sp³-hybridized carbons (Fsp3) is 0.458. The highest BCUT2D eigenvalue weighted by molar-refractivity contribution is 7.53. The first-order valence-corrected chi connectivity index (χ1v) is 14.4. The van der Waals surface area contributed by atoms with Gasteiger partial charge in [0.1, 0.15) is 24.1 Å². The van der Waals surface area contributed by atoms with Gasteiger partial charge in [-0.05, 0) is 31.5 Å². The summed E-state index contributed by atoms with van der Waals surface area (Å²) >= 11 is 0. The van der Waals surface area contributed by atoms with E-state index < -0.39 is 38.0 Å². The molecule has 216 valence electrons. The summed E-state index contributed by atoms with van der Waals surface area (Å²) in [6.45, 7) is 3.97. The van der Waals surface area contributed by atoms with Crippen LogP contribution in [0.25, 0.3) is 11.2 Å². The van der Waals surface area contributed by atoms with Gasteiger partial charge < -0.3 is 40.4 Å². The van der Waals surface area contributed by atoms with Crippen LogP contribution in [0.15, 0.2) is 36.9 Å². The molecule has 0 bridgehead atoms. The van der Waals surface area contributed by atoms with Gasteiger partial charge in [0, 0.05) is 18.7 Å². The Hall–Kier alpha value is -3.46. The predicted octanol–water partition coefficient (Wildman–Crippen LogP) is 0.939. The Morgan fingerprint density at radius 3 is 2.48 bits per heavy atom. The van der Waals surface area contributed by atoms with E-state index in [4.69, 9.17) is 19.5 Å². The Bertz CT molecular complexity index is 1380. The maximum absolute atomic E-state index is 12.7. The lowest BCUT2D eigenvalue weighted by molar-refractivity contribution is -0.137. The van der Waals surface area contributed by atoms with Crippen molar-refractivity contribution in [3.63, 3.8) is 0 Å². The molecule has 1 aromatic carbocycles. The van der Waals surface area contributed by atoms with Crippen molar-refractivity contribution in [3.05, 3.63) is 42.5 Å². The quantitative estimate of drug-likeness (QED) is 0.190. The van der Waals surface area contributed by atoms with E-state index in [-0.39, 0.29) is 55.2 Å². The molecule has 0 aliphatic carbocycles. The maximum Gasteiger partial charge on any atom is 0.335 e. The minimum atomic E-state index is -3.24. The predicted molar refractivity (Wildman–Crippen MR) is 143 cm³/mol. The molecule has 0 radical (unpaired) electrons. The number of aliphatic hydroxyl groups excluding tert-OH is 2. The molecule has 3 heterocycles. The number of nitrogens with one attached hydrogen (secondary N) is 2. The molecule has 16 heteroatoms. The zero-order chi connectivity index (χ0) is 28.9. The number of nitrogen functional groups attached to an aromatic ring is 1. The van der Waals surface area contributed by atoms with Crippen LogP contribution in [0, 0.1) is 0 Å². The lowest BCUT2D eigenvalue weighted by Crippen LogP contribution is -2.43. The molecule has 0 unspecified atom stereocenters. The number of anilines is 2. The SMILES string of the molecule is CCOP(=O)(Cc1ccc(NC(=O)CCNC(=O)[C@H]2O[C@@H](n3cnc4c(N)ncnc43)[C@H](O)[C@@H]2O)cc1)OCC. The first kappa shape index (κ1) is 29.5. The monoisotopic (exact) mass is 577 g/mol. The molecule has 1 aliphatic rings. The van der Waals surface area contributed by atoms with E-state index in [9.17, 15) is 24.4 Å². The summed E-state index contributed by atoms with van der Waals surface area (Å²) in [6, 6.07) is 6.76. The van der Waals surface area contributed by atoms with Gasteiger partial charge in [-0.3, -0.25) is 18.7 Å². The van der Waals surface area contributed by atoms with Crippen LogP contribution in [0.1, 0.15) is 32.1 Å². The second-order valence-electron chi connectivity index (χ2n) is 8.90. The number of carbonyl (C=O) groups excluding carboxylic acids is 2. The number of hydrogen-bond acceptors (Lipinski definition) is 12. The van der Waals surface area contributed by atoms with Gasteiger partial charge in [0.25, 0.3) is 5.91 Å². The second kappa shape index (κ2) is 12.8. The van der Waals surface area contributed by atoms with Crippen LogP contribution < -0.4 is 16.4 Å². The zero-order valence-corrected chi connectivity index (χ0v) is 22.9. The Balaban J connectivity index is 1.27. The zero-order valence-electron chi connectivity index (χ0n) is 22.0. The lowest BCUT2D eigenvalue weighted by atomic mass is 10.1. The molecule has 1 fully saturated rings. The smallest absolute Gasteiger partial charge is 0.335 e. The van der Waals surface area contributed by atoms with Crippen molar-refractivity contribution in [2.45, 2.75) is 51.0 Å². The van der Waals surface area contributed by atoms with Crippen molar-refractivity contribution in [2.24, 2.45) is 0 Å². The maximum atomic E-state index is 12.7. The number of ether oxygens (including phenoxy) is 1. The molecule has 1 saturated heterocycles. The minimum Gasteiger partial charge on any atom is -0.387 e. The summed E-state index contributed by atoms with van der Waals surface area (Å²) in [4.78, 5) is 37.1. The summed E-state index contributed by atoms with van der Waals surface area (Å²) in [5.41, 5.74) is 7.59. The number of hydrogen-bond donors (Lipinski definition) is 5. The summed E-state index contributed by atoms with van der Waals surface area (Å²) in [5, 5.41) is 26.2. The number of nitrogens with zero attached hydrogens (tertiary/aromatic N) is 4. The molecule has 6 N–H and O–H groups in total. The average Bonchev–Trinajstić information content (AvgIpc) is 3.47. The fourth-order valence-electron chi connectivity index (χ4n) is 4.22. The second-order valence-corrected chi connectivity index (χ2v) is 11.0. The molecule has 1 aliphatic heterocycles. The highest BCUT2D eigenvalue weighted by Crippen LogP contribution is 2.51. The summed E-state index contributed by atoms with van der Waals surface area (Å²) < 4.78 is 30.3. The van der Waals surface area contributed by atoms with E-state index in [0.717, 1.165) is 5.56 Å². The van der Waals surface area contributed by atoms with Gasteiger partial charge in [-0.1, -0.05) is 12.1 Å². The summed E-state index contributed by atoms with van der Waals surface area (Å²) in [7, 11) is -3.24. The Morgan fingerprint density at radius 1 is 1.10 bits per heavy atom. The van der Waals surface area contributed by atoms with Gasteiger partial charge in [-0.2, -0.15) is 0 Å². The third-order valence-corrected chi connectivity index (χ3v) is 8.13. The van der Waals surface area contributed by atoms with Gasteiger partial charge >= 0.3 is 7.60 Å². The summed E-state index contributed by atoms with van der Waals surface area (Å²) in [5.74, 6) is -0.928. The Kier molecular flexibility index (Phi) is 9.45. The largest absolute Gasteiger partial charge is 0.387 e. The average molecular weight is 578 g/mol. The molecule has 4 rings (SSSR count). The van der Waals surface area contributed by atoms with Crippen molar-refractivity contribution in [1.29, 1.82) is 0 Å². The number of amides is 2. The van der Waals surface area contributed by atoms with E-state index in [1.54, 1.807) is 38.1 Å². The first-order valence-electron chi connectivity index (χ1n) is 12.6. The lowest BCUT2D eigenvalue weighted by Gasteiger charge is -2.17. The van der Waals surface area contributed by atoms with E-state index in [1.165, 1.54) is 17.2 Å². The van der Waals surface area contributed by atoms with Gasteiger partial charge in [-0.15, -0.1) is 0 Å². The third kappa shape index (κ3) is 6.63. The van der Waals surface area contributed by atoms with Crippen LogP contribution in [0.5, 0.6) is 0 Å². The highest BCUT2D eigenvalue weighted by Gasteiger charge is 2.47. The van der Waals surface area contributed by atoms with Crippen molar-refractivity contribution in [3.8, 4) is 0 Å². The number of aromatic nitrogens is 4. The standard InChI is InChI=1S/C24H32N7O8P/c1-3-37-40(36,38-4-2)11-14-5-7-15(8-6-14)30-16(32)9-10-26-23(35)20-18(33)19(34)24(39-20)31-13-29-17-21(25)27-12-28-22(17)31/h5-8,12-13,18-20,24,33-34H,3-4,9-11H2,1-2H3,(H,26,35)(H,30,32)(H2,25,27,28)/t18-,19+,20-,24+/m0/s1. The van der Waals surface area contributed by atoms with Crippen molar-refractivity contribution < 1.29 is 38.2 Å². The number of benzene rings is 1. The molecule has 0 saturated carbocycles. The van der Waals surface area contributed by atoms with Gasteiger partial charge in [0.2, 0.25) is 5.91 Å². The number of rotatable bonds is 12. The number of carbonyl (C=O) groups is 2. The number of nitrogens with two attached hydrogens (primary N) is 1. The normalized spacial score (nSPS) is 21.0. The third-order valence-electron chi connectivity index (χ3n) is 6.07. The topological polar surface area (TPSA) is 213 Å². The van der Waals surface area contributed by atoms with E-state index in [1.807, 2.05) is 0 Å². The van der Waals surface area contributed by atoms with Crippen LogP contribution in [0.2, 0.25) is 0 Å². The van der Waals surface area contributed by atoms with Gasteiger partial charge in [0.15, 0.2) is 23.8 Å². The van der Waals surface area contributed by atoms with Crippen molar-refractivity contribution in [1.82, 2.24) is 24.8 Å². The Morgan fingerprint density at radius 2 is 1.80 bits per heavy atom. The molecule has 15 nitrogen and oxygen atoms in total. The molecule has 2 aromatic heterocycles. The van der Waals surface area contributed by atoms with E-state index in [0.29, 0.717) is 5.69 Å². The van der Waals surface area contributed by atoms with Crippen LogP contribution >= 0.6 is 7.60 Å². The molecule has 4 atom stereocenters.